The minimum atomic E-state index is 0.0107. The number of nitrogens with one attached hydrogen (secondary N) is 1. The first kappa shape index (κ1) is 14.6. The van der Waals surface area contributed by atoms with Gasteiger partial charge in [0.2, 0.25) is 5.91 Å². The smallest absolute Gasteiger partial charge is 0.223 e. The molecule has 4 heteroatoms. The largest absolute Gasteiger partial charge is 0.318 e. The van der Waals surface area contributed by atoms with Gasteiger partial charge < -0.3 is 10.2 Å². The van der Waals surface area contributed by atoms with Crippen molar-refractivity contribution in [3.8, 4) is 0 Å². The fourth-order valence-corrected chi connectivity index (χ4v) is 1.17. The molecule has 0 aromatic heterocycles. The van der Waals surface area contributed by atoms with Crippen molar-refractivity contribution in [2.24, 2.45) is 4.99 Å². The summed E-state index contributed by atoms with van der Waals surface area (Å²) in [4.78, 5) is 17.3. The summed E-state index contributed by atoms with van der Waals surface area (Å²) >= 11 is 0. The summed E-state index contributed by atoms with van der Waals surface area (Å²) in [5.41, 5.74) is 1.52. The number of hydrogen-bond donors (Lipinski definition) is 1. The highest BCUT2D eigenvalue weighted by molar-refractivity contribution is 5.87. The maximum absolute atomic E-state index is 11.5. The van der Waals surface area contributed by atoms with Crippen molar-refractivity contribution in [2.75, 3.05) is 20.1 Å². The summed E-state index contributed by atoms with van der Waals surface area (Å²) in [7, 11) is 1.86. The second kappa shape index (κ2) is 7.82. The fraction of sp³-hybridized carbons (Fsp3) is 0.500. The first-order chi connectivity index (χ1) is 7.52. The Morgan fingerprint density at radius 2 is 2.12 bits per heavy atom. The second-order valence-electron chi connectivity index (χ2n) is 3.48. The third-order valence-electron chi connectivity index (χ3n) is 1.99. The molecule has 0 heterocycles. The first-order valence-electron chi connectivity index (χ1n) is 5.31. The first-order valence-corrected chi connectivity index (χ1v) is 5.31. The van der Waals surface area contributed by atoms with Crippen LogP contribution in [0.25, 0.3) is 0 Å². The van der Waals surface area contributed by atoms with Gasteiger partial charge in [0.15, 0.2) is 0 Å². The summed E-state index contributed by atoms with van der Waals surface area (Å²) in [6.07, 6.45) is 3.53. The highest BCUT2D eigenvalue weighted by atomic mass is 16.2. The van der Waals surface area contributed by atoms with Gasteiger partial charge in [-0.3, -0.25) is 9.79 Å². The molecule has 0 bridgehead atoms. The van der Waals surface area contributed by atoms with E-state index < -0.39 is 0 Å². The van der Waals surface area contributed by atoms with E-state index in [1.165, 1.54) is 0 Å². The Labute approximate surface area is 97.7 Å². The summed E-state index contributed by atoms with van der Waals surface area (Å²) in [6, 6.07) is 0. The van der Waals surface area contributed by atoms with Crippen molar-refractivity contribution >= 4 is 12.1 Å². The van der Waals surface area contributed by atoms with Crippen molar-refractivity contribution in [1.82, 2.24) is 10.2 Å². The minimum absolute atomic E-state index is 0.0107. The number of rotatable bonds is 6. The SMILES string of the molecule is C=C(C)/N=C\C(=C/C)N(CCNC)C(C)=O. The summed E-state index contributed by atoms with van der Waals surface area (Å²) in [6.45, 7) is 10.3. The molecule has 0 saturated heterocycles. The molecule has 0 aromatic rings. The monoisotopic (exact) mass is 223 g/mol. The standard InChI is InChI=1S/C12H21N3O/c1-6-12(9-14-10(2)3)15(11(4)16)8-7-13-5/h6,9,13H,2,7-8H2,1,3-5H3/b12-6+,14-9-. The highest BCUT2D eigenvalue weighted by Gasteiger charge is 2.10. The third-order valence-corrected chi connectivity index (χ3v) is 1.99. The molecular formula is C12H21N3O. The number of amides is 1. The molecular weight excluding hydrogens is 202 g/mol. The van der Waals surface area contributed by atoms with Crippen LogP contribution in [0.3, 0.4) is 0 Å². The van der Waals surface area contributed by atoms with Gasteiger partial charge in [-0.1, -0.05) is 12.7 Å². The van der Waals surface area contributed by atoms with Crippen LogP contribution in [0.5, 0.6) is 0 Å². The van der Waals surface area contributed by atoms with E-state index in [2.05, 4.69) is 16.9 Å². The lowest BCUT2D eigenvalue weighted by Gasteiger charge is -2.21. The lowest BCUT2D eigenvalue weighted by Crippen LogP contribution is -2.34. The molecule has 0 aliphatic rings. The topological polar surface area (TPSA) is 44.7 Å². The molecule has 0 spiro atoms. The van der Waals surface area contributed by atoms with Crippen LogP contribution in [0, 0.1) is 0 Å². The van der Waals surface area contributed by atoms with Gasteiger partial charge in [0.25, 0.3) is 0 Å². The van der Waals surface area contributed by atoms with Gasteiger partial charge in [-0.25, -0.2) is 0 Å². The van der Waals surface area contributed by atoms with Gasteiger partial charge >= 0.3 is 0 Å². The number of likely N-dealkylation sites (N-methyl/N-ethyl adjacent to an activating group) is 1. The molecule has 0 aliphatic carbocycles. The van der Waals surface area contributed by atoms with Gasteiger partial charge in [0.05, 0.1) is 11.9 Å². The van der Waals surface area contributed by atoms with E-state index in [1.54, 1.807) is 18.0 Å². The van der Waals surface area contributed by atoms with Crippen LogP contribution in [0.1, 0.15) is 20.8 Å². The molecule has 0 fully saturated rings. The van der Waals surface area contributed by atoms with Crippen molar-refractivity contribution < 1.29 is 4.79 Å². The van der Waals surface area contributed by atoms with Gasteiger partial charge in [-0.15, -0.1) is 0 Å². The van der Waals surface area contributed by atoms with Gasteiger partial charge in [-0.2, -0.15) is 0 Å². The zero-order valence-corrected chi connectivity index (χ0v) is 10.6. The molecule has 16 heavy (non-hydrogen) atoms. The van der Waals surface area contributed by atoms with Gasteiger partial charge in [0.1, 0.15) is 0 Å². The molecule has 0 aromatic carbocycles. The number of nitrogens with zero attached hydrogens (tertiary/aromatic N) is 2. The van der Waals surface area contributed by atoms with Gasteiger partial charge in [-0.05, 0) is 20.9 Å². The Kier molecular flexibility index (Phi) is 7.12. The highest BCUT2D eigenvalue weighted by Crippen LogP contribution is 2.03. The van der Waals surface area contributed by atoms with Crippen molar-refractivity contribution in [3.63, 3.8) is 0 Å². The average Bonchev–Trinajstić information content (AvgIpc) is 2.22. The normalized spacial score (nSPS) is 11.9. The molecule has 4 nitrogen and oxygen atoms in total. The van der Waals surface area contributed by atoms with E-state index in [-0.39, 0.29) is 5.91 Å². The Morgan fingerprint density at radius 1 is 1.50 bits per heavy atom. The Morgan fingerprint density at radius 3 is 2.50 bits per heavy atom. The fourth-order valence-electron chi connectivity index (χ4n) is 1.17. The minimum Gasteiger partial charge on any atom is -0.318 e. The predicted octanol–water partition coefficient (Wildman–Crippen LogP) is 1.56. The predicted molar refractivity (Wildman–Crippen MR) is 68.4 cm³/mol. The van der Waals surface area contributed by atoms with Crippen LogP contribution in [0.4, 0.5) is 0 Å². The van der Waals surface area contributed by atoms with Crippen molar-refractivity contribution in [3.05, 3.63) is 24.0 Å². The molecule has 1 amide bonds. The molecule has 1 N–H and O–H groups in total. The molecule has 90 valence electrons. The lowest BCUT2D eigenvalue weighted by molar-refractivity contribution is -0.126. The molecule has 0 saturated carbocycles. The number of hydrogen-bond acceptors (Lipinski definition) is 3. The summed E-state index contributed by atoms with van der Waals surface area (Å²) < 4.78 is 0. The van der Waals surface area contributed by atoms with Crippen LogP contribution in [-0.4, -0.2) is 37.2 Å². The zero-order valence-electron chi connectivity index (χ0n) is 10.6. The number of carbonyl (C=O) groups excluding carboxylic acids is 1. The second-order valence-corrected chi connectivity index (χ2v) is 3.48. The Hall–Kier alpha value is -1.42. The maximum Gasteiger partial charge on any atom is 0.223 e. The van der Waals surface area contributed by atoms with E-state index in [0.29, 0.717) is 6.54 Å². The van der Waals surface area contributed by atoms with Crippen LogP contribution >= 0.6 is 0 Å². The van der Waals surface area contributed by atoms with Gasteiger partial charge in [0, 0.05) is 25.7 Å². The molecule has 0 atom stereocenters. The van der Waals surface area contributed by atoms with E-state index in [4.69, 9.17) is 0 Å². The van der Waals surface area contributed by atoms with E-state index >= 15 is 0 Å². The van der Waals surface area contributed by atoms with Crippen LogP contribution < -0.4 is 5.32 Å². The van der Waals surface area contributed by atoms with Crippen LogP contribution in [0.15, 0.2) is 29.0 Å². The van der Waals surface area contributed by atoms with E-state index in [1.807, 2.05) is 27.0 Å². The zero-order chi connectivity index (χ0) is 12.6. The summed E-state index contributed by atoms with van der Waals surface area (Å²) in [5, 5.41) is 3.01. The third kappa shape index (κ3) is 5.46. The summed E-state index contributed by atoms with van der Waals surface area (Å²) in [5.74, 6) is 0.0107. The maximum atomic E-state index is 11.5. The molecule has 0 unspecified atom stereocenters. The lowest BCUT2D eigenvalue weighted by atomic mass is 10.3. The van der Waals surface area contributed by atoms with Crippen molar-refractivity contribution in [2.45, 2.75) is 20.8 Å². The molecule has 0 aliphatic heterocycles. The van der Waals surface area contributed by atoms with E-state index in [9.17, 15) is 4.79 Å². The number of aliphatic imine (C=N–C) groups is 1. The Balaban J connectivity index is 4.73. The van der Waals surface area contributed by atoms with E-state index in [0.717, 1.165) is 17.9 Å². The average molecular weight is 223 g/mol. The quantitative estimate of drug-likeness (QED) is 0.695. The molecule has 0 rings (SSSR count). The number of allylic oxidation sites excluding steroid dienone is 3. The van der Waals surface area contributed by atoms with Crippen LogP contribution in [0.2, 0.25) is 0 Å². The van der Waals surface area contributed by atoms with Crippen LogP contribution in [-0.2, 0) is 4.79 Å². The number of carbonyl (C=O) groups is 1. The Bertz CT molecular complexity index is 305. The van der Waals surface area contributed by atoms with Crippen molar-refractivity contribution in [1.29, 1.82) is 0 Å². The molecule has 0 radical (unpaired) electrons.